The van der Waals surface area contributed by atoms with E-state index in [1.807, 2.05) is 24.3 Å². The molecule has 0 aliphatic carbocycles. The van der Waals surface area contributed by atoms with Gasteiger partial charge in [0.05, 0.1) is 0 Å². The van der Waals surface area contributed by atoms with Crippen LogP contribution in [0.2, 0.25) is 0 Å². The van der Waals surface area contributed by atoms with Crippen LogP contribution in [0.3, 0.4) is 0 Å². The third-order valence-electron chi connectivity index (χ3n) is 2.62. The molecule has 15 heavy (non-hydrogen) atoms. The summed E-state index contributed by atoms with van der Waals surface area (Å²) in [4.78, 5) is 2.73. The zero-order valence-electron chi connectivity index (χ0n) is 9.29. The summed E-state index contributed by atoms with van der Waals surface area (Å²) < 4.78 is 0. The molecule has 0 spiro atoms. The number of rotatable bonds is 1. The molecule has 2 aromatic rings. The zero-order chi connectivity index (χ0) is 11.0. The number of benzene rings is 1. The van der Waals surface area contributed by atoms with E-state index in [0.717, 1.165) is 11.3 Å². The quantitative estimate of drug-likeness (QED) is 0.720. The van der Waals surface area contributed by atoms with Crippen molar-refractivity contribution in [2.75, 3.05) is 5.73 Å². The lowest BCUT2D eigenvalue weighted by Gasteiger charge is -2.04. The molecule has 0 unspecified atom stereocenters. The molecule has 0 aliphatic rings. The maximum Gasteiger partial charge on any atom is 0.0344 e. The standard InChI is InChI=1S/C13H15NS/c1-8-6-11(4-5-13(8)14)12-7-9(2)15-10(12)3/h4-7H,14H2,1-3H3. The molecule has 1 nitrogen and oxygen atoms in total. The smallest absolute Gasteiger partial charge is 0.0344 e. The first kappa shape index (κ1) is 10.2. The number of nitrogen functional groups attached to an aromatic ring is 1. The van der Waals surface area contributed by atoms with Crippen LogP contribution in [0.5, 0.6) is 0 Å². The van der Waals surface area contributed by atoms with Crippen molar-refractivity contribution in [3.8, 4) is 11.1 Å². The lowest BCUT2D eigenvalue weighted by atomic mass is 10.0. The van der Waals surface area contributed by atoms with E-state index in [1.165, 1.54) is 20.9 Å². The molecule has 78 valence electrons. The Labute approximate surface area is 94.6 Å². The Bertz CT molecular complexity index is 497. The Morgan fingerprint density at radius 2 is 1.80 bits per heavy atom. The topological polar surface area (TPSA) is 26.0 Å². The third-order valence-corrected chi connectivity index (χ3v) is 3.59. The van der Waals surface area contributed by atoms with Gasteiger partial charge >= 0.3 is 0 Å². The zero-order valence-corrected chi connectivity index (χ0v) is 10.1. The van der Waals surface area contributed by atoms with Gasteiger partial charge in [0.25, 0.3) is 0 Å². The number of hydrogen-bond acceptors (Lipinski definition) is 2. The van der Waals surface area contributed by atoms with Crippen molar-refractivity contribution in [2.45, 2.75) is 20.8 Å². The average molecular weight is 217 g/mol. The van der Waals surface area contributed by atoms with Crippen LogP contribution in [0.1, 0.15) is 15.3 Å². The fraction of sp³-hybridized carbons (Fsp3) is 0.231. The van der Waals surface area contributed by atoms with Gasteiger partial charge in [-0.2, -0.15) is 0 Å². The Kier molecular flexibility index (Phi) is 2.53. The van der Waals surface area contributed by atoms with Gasteiger partial charge in [-0.25, -0.2) is 0 Å². The van der Waals surface area contributed by atoms with E-state index >= 15 is 0 Å². The van der Waals surface area contributed by atoms with Gasteiger partial charge in [0.1, 0.15) is 0 Å². The van der Waals surface area contributed by atoms with E-state index in [1.54, 1.807) is 0 Å². The van der Waals surface area contributed by atoms with E-state index in [9.17, 15) is 0 Å². The second-order valence-corrected chi connectivity index (χ2v) is 5.36. The maximum atomic E-state index is 5.81. The van der Waals surface area contributed by atoms with Crippen LogP contribution in [0.4, 0.5) is 5.69 Å². The number of thiophene rings is 1. The van der Waals surface area contributed by atoms with Gasteiger partial charge in [0.2, 0.25) is 0 Å². The van der Waals surface area contributed by atoms with E-state index in [0.29, 0.717) is 0 Å². The van der Waals surface area contributed by atoms with Crippen LogP contribution in [0.15, 0.2) is 24.3 Å². The van der Waals surface area contributed by atoms with Crippen molar-refractivity contribution < 1.29 is 0 Å². The molecule has 0 saturated carbocycles. The van der Waals surface area contributed by atoms with E-state index in [-0.39, 0.29) is 0 Å². The summed E-state index contributed by atoms with van der Waals surface area (Å²) >= 11 is 1.84. The van der Waals surface area contributed by atoms with Crippen LogP contribution in [0.25, 0.3) is 11.1 Å². The predicted molar refractivity (Wildman–Crippen MR) is 68.4 cm³/mol. The van der Waals surface area contributed by atoms with Crippen LogP contribution in [-0.2, 0) is 0 Å². The molecular formula is C13H15NS. The molecule has 0 saturated heterocycles. The van der Waals surface area contributed by atoms with Crippen molar-refractivity contribution in [1.29, 1.82) is 0 Å². The number of nitrogens with two attached hydrogens (primary N) is 1. The van der Waals surface area contributed by atoms with Crippen LogP contribution in [0, 0.1) is 20.8 Å². The second-order valence-electron chi connectivity index (χ2n) is 3.90. The van der Waals surface area contributed by atoms with Crippen molar-refractivity contribution in [3.05, 3.63) is 39.6 Å². The molecule has 0 fully saturated rings. The molecule has 2 N–H and O–H groups in total. The molecule has 0 atom stereocenters. The number of anilines is 1. The maximum absolute atomic E-state index is 5.81. The van der Waals surface area contributed by atoms with Gasteiger partial charge in [0, 0.05) is 15.4 Å². The van der Waals surface area contributed by atoms with Crippen molar-refractivity contribution in [1.82, 2.24) is 0 Å². The van der Waals surface area contributed by atoms with Gasteiger partial charge in [0.15, 0.2) is 0 Å². The first-order chi connectivity index (χ1) is 7.08. The van der Waals surface area contributed by atoms with Crippen LogP contribution in [-0.4, -0.2) is 0 Å². The summed E-state index contributed by atoms with van der Waals surface area (Å²) in [6.07, 6.45) is 0. The highest BCUT2D eigenvalue weighted by Gasteiger charge is 2.06. The van der Waals surface area contributed by atoms with Crippen molar-refractivity contribution in [2.24, 2.45) is 0 Å². The normalized spacial score (nSPS) is 10.6. The van der Waals surface area contributed by atoms with Gasteiger partial charge in [-0.15, -0.1) is 11.3 Å². The molecule has 0 amide bonds. The second kappa shape index (κ2) is 3.70. The third kappa shape index (κ3) is 1.90. The summed E-state index contributed by atoms with van der Waals surface area (Å²) in [7, 11) is 0. The van der Waals surface area contributed by atoms with Crippen molar-refractivity contribution >= 4 is 17.0 Å². The largest absolute Gasteiger partial charge is 0.399 e. The fourth-order valence-corrected chi connectivity index (χ4v) is 2.71. The Hall–Kier alpha value is -1.28. The molecule has 0 aliphatic heterocycles. The van der Waals surface area contributed by atoms with Crippen LogP contribution < -0.4 is 5.73 Å². The minimum Gasteiger partial charge on any atom is -0.399 e. The summed E-state index contributed by atoms with van der Waals surface area (Å²) in [5.41, 5.74) is 10.4. The monoisotopic (exact) mass is 217 g/mol. The fourth-order valence-electron chi connectivity index (χ4n) is 1.76. The van der Waals surface area contributed by atoms with Gasteiger partial charge in [-0.1, -0.05) is 6.07 Å². The summed E-state index contributed by atoms with van der Waals surface area (Å²) in [5.74, 6) is 0. The molecular weight excluding hydrogens is 202 g/mol. The predicted octanol–water partition coefficient (Wildman–Crippen LogP) is 3.92. The first-order valence-corrected chi connectivity index (χ1v) is 5.83. The summed E-state index contributed by atoms with van der Waals surface area (Å²) in [5, 5.41) is 0. The highest BCUT2D eigenvalue weighted by molar-refractivity contribution is 7.12. The molecule has 2 rings (SSSR count). The lowest BCUT2D eigenvalue weighted by molar-refractivity contribution is 1.46. The highest BCUT2D eigenvalue weighted by atomic mass is 32.1. The molecule has 1 heterocycles. The Morgan fingerprint density at radius 3 is 2.33 bits per heavy atom. The van der Waals surface area contributed by atoms with E-state index in [4.69, 9.17) is 5.73 Å². The number of aryl methyl sites for hydroxylation is 3. The number of hydrogen-bond donors (Lipinski definition) is 1. The van der Waals surface area contributed by atoms with Gasteiger partial charge in [-0.05, 0) is 55.7 Å². The van der Waals surface area contributed by atoms with Gasteiger partial charge in [-0.3, -0.25) is 0 Å². The molecule has 2 heteroatoms. The average Bonchev–Trinajstić information content (AvgIpc) is 2.50. The summed E-state index contributed by atoms with van der Waals surface area (Å²) in [6, 6.07) is 8.47. The highest BCUT2D eigenvalue weighted by Crippen LogP contribution is 2.31. The first-order valence-electron chi connectivity index (χ1n) is 5.01. The molecule has 1 aromatic carbocycles. The molecule has 1 aromatic heterocycles. The summed E-state index contributed by atoms with van der Waals surface area (Å²) in [6.45, 7) is 6.36. The minimum atomic E-state index is 0.864. The van der Waals surface area contributed by atoms with Crippen LogP contribution >= 0.6 is 11.3 Å². The SMILES string of the molecule is Cc1cc(-c2ccc(N)c(C)c2)c(C)s1. The van der Waals surface area contributed by atoms with E-state index < -0.39 is 0 Å². The van der Waals surface area contributed by atoms with E-state index in [2.05, 4.69) is 32.0 Å². The Balaban J connectivity index is 2.54. The molecule has 0 bridgehead atoms. The lowest BCUT2D eigenvalue weighted by Crippen LogP contribution is -1.89. The van der Waals surface area contributed by atoms with Gasteiger partial charge < -0.3 is 5.73 Å². The minimum absolute atomic E-state index is 0.864. The van der Waals surface area contributed by atoms with Crippen molar-refractivity contribution in [3.63, 3.8) is 0 Å². The Morgan fingerprint density at radius 1 is 1.07 bits per heavy atom. The molecule has 0 radical (unpaired) electrons.